The summed E-state index contributed by atoms with van der Waals surface area (Å²) in [4.78, 5) is 25.7. The van der Waals surface area contributed by atoms with Gasteiger partial charge in [0.15, 0.2) is 6.54 Å². The third kappa shape index (κ3) is 3.00. The molecule has 0 spiro atoms. The van der Waals surface area contributed by atoms with E-state index in [4.69, 9.17) is 4.42 Å². The van der Waals surface area contributed by atoms with Gasteiger partial charge in [0.25, 0.3) is 5.91 Å². The van der Waals surface area contributed by atoms with Crippen molar-refractivity contribution in [2.45, 2.75) is 13.8 Å². The molecule has 2 aromatic heterocycles. The second-order valence-corrected chi connectivity index (χ2v) is 6.30. The van der Waals surface area contributed by atoms with Crippen molar-refractivity contribution in [3.8, 4) is 0 Å². The zero-order valence-electron chi connectivity index (χ0n) is 13.1. The number of benzene rings is 1. The van der Waals surface area contributed by atoms with E-state index in [1.165, 1.54) is 16.2 Å². The van der Waals surface area contributed by atoms with E-state index in [0.29, 0.717) is 22.5 Å². The number of rotatable bonds is 5. The zero-order valence-corrected chi connectivity index (χ0v) is 14.0. The normalized spacial score (nSPS) is 11.4. The van der Waals surface area contributed by atoms with Gasteiger partial charge in [-0.15, -0.1) is 11.3 Å². The summed E-state index contributed by atoms with van der Waals surface area (Å²) < 4.78 is 5.37. The molecule has 6 heteroatoms. The Morgan fingerprint density at radius 1 is 1.22 bits per heavy atom. The van der Waals surface area contributed by atoms with Gasteiger partial charge in [-0.3, -0.25) is 4.79 Å². The van der Waals surface area contributed by atoms with Gasteiger partial charge in [-0.05, 0) is 19.9 Å². The number of para-hydroxylation sites is 1. The Morgan fingerprint density at radius 3 is 2.70 bits per heavy atom. The summed E-state index contributed by atoms with van der Waals surface area (Å²) in [6, 6.07) is 7.43. The number of hydrogen-bond acceptors (Lipinski definition) is 4. The number of likely N-dealkylation sites (N-methyl/N-ethyl adjacent to an activating group) is 1. The Kier molecular flexibility index (Phi) is 4.45. The van der Waals surface area contributed by atoms with E-state index in [9.17, 15) is 9.59 Å². The Balaban J connectivity index is 1.98. The molecular formula is C17H19N2O3S+. The number of quaternary nitrogens is 1. The fourth-order valence-electron chi connectivity index (χ4n) is 2.68. The predicted octanol–water partition coefficient (Wildman–Crippen LogP) is 1.87. The van der Waals surface area contributed by atoms with Gasteiger partial charge in [-0.2, -0.15) is 0 Å². The maximum Gasteiger partial charge on any atom is 0.347 e. The lowest BCUT2D eigenvalue weighted by atomic mass is 10.1. The second-order valence-electron chi connectivity index (χ2n) is 5.42. The van der Waals surface area contributed by atoms with Crippen molar-refractivity contribution in [3.05, 3.63) is 40.1 Å². The minimum absolute atomic E-state index is 0.0833. The number of hydrogen-bond donors (Lipinski definition) is 2. The Hall–Kier alpha value is -2.18. The van der Waals surface area contributed by atoms with Gasteiger partial charge < -0.3 is 14.6 Å². The SMILES string of the molecule is CC[NH+](CC)CC(=O)Nc1scc2c1c(=O)oc1ccccc12. The van der Waals surface area contributed by atoms with E-state index >= 15 is 0 Å². The predicted molar refractivity (Wildman–Crippen MR) is 93.4 cm³/mol. The molecule has 3 aromatic rings. The Labute approximate surface area is 137 Å². The van der Waals surface area contributed by atoms with Crippen molar-refractivity contribution >= 4 is 44.0 Å². The summed E-state index contributed by atoms with van der Waals surface area (Å²) in [7, 11) is 0. The molecule has 23 heavy (non-hydrogen) atoms. The van der Waals surface area contributed by atoms with Crippen LogP contribution < -0.4 is 15.8 Å². The van der Waals surface area contributed by atoms with Gasteiger partial charge in [0.2, 0.25) is 0 Å². The molecule has 2 heterocycles. The number of amides is 1. The van der Waals surface area contributed by atoms with E-state index in [1.54, 1.807) is 6.07 Å². The largest absolute Gasteiger partial charge is 0.422 e. The van der Waals surface area contributed by atoms with Crippen LogP contribution in [0.4, 0.5) is 5.00 Å². The maximum atomic E-state index is 12.3. The number of anilines is 1. The number of nitrogens with one attached hydrogen (secondary N) is 2. The van der Waals surface area contributed by atoms with Crippen LogP contribution in [0.25, 0.3) is 21.7 Å². The highest BCUT2D eigenvalue weighted by Crippen LogP contribution is 2.33. The van der Waals surface area contributed by atoms with Crippen molar-refractivity contribution in [2.75, 3.05) is 25.0 Å². The summed E-state index contributed by atoms with van der Waals surface area (Å²) in [5, 5.41) is 7.50. The smallest absolute Gasteiger partial charge is 0.347 e. The van der Waals surface area contributed by atoms with Crippen LogP contribution in [-0.4, -0.2) is 25.5 Å². The molecule has 1 aromatic carbocycles. The molecule has 120 valence electrons. The third-order valence-electron chi connectivity index (χ3n) is 4.04. The fraction of sp³-hybridized carbons (Fsp3) is 0.294. The van der Waals surface area contributed by atoms with E-state index in [2.05, 4.69) is 5.32 Å². The Bertz CT molecular complexity index is 909. The minimum atomic E-state index is -0.412. The highest BCUT2D eigenvalue weighted by Gasteiger charge is 2.17. The molecule has 0 aliphatic heterocycles. The lowest BCUT2D eigenvalue weighted by molar-refractivity contribution is -0.888. The average Bonchev–Trinajstić information content (AvgIpc) is 2.97. The summed E-state index contributed by atoms with van der Waals surface area (Å²) in [6.45, 7) is 6.27. The molecule has 0 unspecified atom stereocenters. The van der Waals surface area contributed by atoms with Crippen molar-refractivity contribution in [1.82, 2.24) is 0 Å². The van der Waals surface area contributed by atoms with Crippen LogP contribution in [0.15, 0.2) is 38.9 Å². The van der Waals surface area contributed by atoms with Crippen LogP contribution in [-0.2, 0) is 4.79 Å². The lowest BCUT2D eigenvalue weighted by Gasteiger charge is -2.14. The van der Waals surface area contributed by atoms with Gasteiger partial charge in [-0.1, -0.05) is 18.2 Å². The van der Waals surface area contributed by atoms with Crippen LogP contribution in [0, 0.1) is 0 Å². The van der Waals surface area contributed by atoms with Crippen molar-refractivity contribution in [1.29, 1.82) is 0 Å². The van der Waals surface area contributed by atoms with Crippen LogP contribution in [0.3, 0.4) is 0 Å². The lowest BCUT2D eigenvalue weighted by Crippen LogP contribution is -3.12. The average molecular weight is 331 g/mol. The zero-order chi connectivity index (χ0) is 16.4. The first-order valence-corrected chi connectivity index (χ1v) is 8.58. The third-order valence-corrected chi connectivity index (χ3v) is 4.93. The number of fused-ring (bicyclic) bond motifs is 3. The topological polar surface area (TPSA) is 63.8 Å². The number of carbonyl (C=O) groups is 1. The van der Waals surface area contributed by atoms with E-state index < -0.39 is 5.63 Å². The monoisotopic (exact) mass is 331 g/mol. The molecule has 0 fully saturated rings. The van der Waals surface area contributed by atoms with Crippen LogP contribution >= 0.6 is 11.3 Å². The Morgan fingerprint density at radius 2 is 1.96 bits per heavy atom. The molecule has 1 amide bonds. The quantitative estimate of drug-likeness (QED) is 0.702. The molecule has 0 saturated carbocycles. The van der Waals surface area contributed by atoms with Crippen molar-refractivity contribution in [3.63, 3.8) is 0 Å². The van der Waals surface area contributed by atoms with Gasteiger partial charge in [0, 0.05) is 16.2 Å². The van der Waals surface area contributed by atoms with Gasteiger partial charge >= 0.3 is 5.63 Å². The van der Waals surface area contributed by atoms with E-state index in [-0.39, 0.29) is 5.91 Å². The van der Waals surface area contributed by atoms with Gasteiger partial charge in [-0.25, -0.2) is 4.79 Å². The first-order valence-electron chi connectivity index (χ1n) is 7.70. The molecule has 0 bridgehead atoms. The number of thiophene rings is 1. The maximum absolute atomic E-state index is 12.3. The van der Waals surface area contributed by atoms with Crippen molar-refractivity contribution < 1.29 is 14.1 Å². The van der Waals surface area contributed by atoms with E-state index in [0.717, 1.165) is 23.9 Å². The molecule has 0 atom stereocenters. The summed E-state index contributed by atoms with van der Waals surface area (Å²) in [5.74, 6) is -0.0833. The molecule has 0 aliphatic rings. The molecule has 5 nitrogen and oxygen atoms in total. The first kappa shape index (κ1) is 15.7. The van der Waals surface area contributed by atoms with Crippen molar-refractivity contribution in [2.24, 2.45) is 0 Å². The highest BCUT2D eigenvalue weighted by atomic mass is 32.1. The van der Waals surface area contributed by atoms with Gasteiger partial charge in [0.05, 0.1) is 13.1 Å². The second kappa shape index (κ2) is 6.52. The molecule has 0 aliphatic carbocycles. The molecule has 0 radical (unpaired) electrons. The molecule has 0 saturated heterocycles. The standard InChI is InChI=1S/C17H18N2O3S/c1-3-19(4-2)9-14(20)18-16-15-12(10-23-16)11-7-5-6-8-13(11)22-17(15)21/h5-8,10H,3-4,9H2,1-2H3,(H,18,20)/p+1. The minimum Gasteiger partial charge on any atom is -0.422 e. The van der Waals surface area contributed by atoms with E-state index in [1.807, 2.05) is 37.4 Å². The molecular weight excluding hydrogens is 312 g/mol. The van der Waals surface area contributed by atoms with Crippen LogP contribution in [0.2, 0.25) is 0 Å². The van der Waals surface area contributed by atoms with Crippen LogP contribution in [0.1, 0.15) is 13.8 Å². The molecule has 3 rings (SSSR count). The highest BCUT2D eigenvalue weighted by molar-refractivity contribution is 7.16. The first-order chi connectivity index (χ1) is 11.1. The summed E-state index contributed by atoms with van der Waals surface area (Å²) >= 11 is 1.36. The van der Waals surface area contributed by atoms with Crippen LogP contribution in [0.5, 0.6) is 0 Å². The summed E-state index contributed by atoms with van der Waals surface area (Å²) in [5.41, 5.74) is 0.152. The van der Waals surface area contributed by atoms with Gasteiger partial charge in [0.1, 0.15) is 16.0 Å². The number of carbonyl (C=O) groups excluding carboxylic acids is 1. The fourth-order valence-corrected chi connectivity index (χ4v) is 3.64. The molecule has 2 N–H and O–H groups in total. The summed E-state index contributed by atoms with van der Waals surface area (Å²) in [6.07, 6.45) is 0.